The van der Waals surface area contributed by atoms with Crippen LogP contribution in [-0.2, 0) is 14.8 Å². The van der Waals surface area contributed by atoms with E-state index in [0.717, 1.165) is 5.56 Å². The summed E-state index contributed by atoms with van der Waals surface area (Å²) in [6.07, 6.45) is 0.697. The molecule has 30 heavy (non-hydrogen) atoms. The van der Waals surface area contributed by atoms with E-state index >= 15 is 0 Å². The standard InChI is InChI=1S/C22H24ClNO5S/c1-5-16(3)24(4)30(27,28)20-10-6-15(2)17(13-20)7-8-18-12-19(23)9-11-21(18)29-14-22(25)26/h6,9-13,16H,5,14H2,1-4H3,(H,25,26). The predicted molar refractivity (Wildman–Crippen MR) is 116 cm³/mol. The fourth-order valence-electron chi connectivity index (χ4n) is 2.56. The predicted octanol–water partition coefficient (Wildman–Crippen LogP) is 3.93. The van der Waals surface area contributed by atoms with Crippen LogP contribution in [0.4, 0.5) is 0 Å². The number of sulfonamides is 1. The van der Waals surface area contributed by atoms with Crippen molar-refractivity contribution in [2.45, 2.75) is 38.1 Å². The number of carbonyl (C=O) groups is 1. The zero-order chi connectivity index (χ0) is 22.5. The number of carboxylic acids is 1. The lowest BCUT2D eigenvalue weighted by atomic mass is 10.1. The van der Waals surface area contributed by atoms with E-state index in [0.29, 0.717) is 22.6 Å². The van der Waals surface area contributed by atoms with Crippen molar-refractivity contribution in [1.29, 1.82) is 0 Å². The molecule has 0 aliphatic carbocycles. The van der Waals surface area contributed by atoms with Gasteiger partial charge in [0.25, 0.3) is 0 Å². The van der Waals surface area contributed by atoms with Gasteiger partial charge in [0, 0.05) is 23.7 Å². The molecule has 8 heteroatoms. The van der Waals surface area contributed by atoms with Crippen LogP contribution in [-0.4, -0.2) is 43.5 Å². The van der Waals surface area contributed by atoms with E-state index in [-0.39, 0.29) is 16.7 Å². The van der Waals surface area contributed by atoms with E-state index in [1.54, 1.807) is 43.4 Å². The third-order valence-electron chi connectivity index (χ3n) is 4.72. The number of benzene rings is 2. The van der Waals surface area contributed by atoms with Crippen molar-refractivity contribution in [3.05, 3.63) is 58.1 Å². The van der Waals surface area contributed by atoms with E-state index in [1.165, 1.54) is 4.31 Å². The van der Waals surface area contributed by atoms with E-state index in [4.69, 9.17) is 21.4 Å². The van der Waals surface area contributed by atoms with Crippen LogP contribution >= 0.6 is 11.6 Å². The monoisotopic (exact) mass is 449 g/mol. The molecule has 2 aromatic rings. The molecule has 0 saturated heterocycles. The second kappa shape index (κ2) is 9.98. The van der Waals surface area contributed by atoms with Crippen molar-refractivity contribution in [3.8, 4) is 17.6 Å². The fourth-order valence-corrected chi connectivity index (χ4v) is 4.19. The van der Waals surface area contributed by atoms with Crippen LogP contribution in [0, 0.1) is 18.8 Å². The highest BCUT2D eigenvalue weighted by Gasteiger charge is 2.24. The van der Waals surface area contributed by atoms with Gasteiger partial charge in [-0.3, -0.25) is 0 Å². The SMILES string of the molecule is CCC(C)N(C)S(=O)(=O)c1ccc(C)c(C#Cc2cc(Cl)ccc2OCC(=O)O)c1. The van der Waals surface area contributed by atoms with Crippen LogP contribution in [0.3, 0.4) is 0 Å². The van der Waals surface area contributed by atoms with Crippen molar-refractivity contribution in [3.63, 3.8) is 0 Å². The van der Waals surface area contributed by atoms with Gasteiger partial charge in [0.2, 0.25) is 10.0 Å². The molecule has 1 N–H and O–H groups in total. The summed E-state index contributed by atoms with van der Waals surface area (Å²) in [5, 5.41) is 9.25. The lowest BCUT2D eigenvalue weighted by Crippen LogP contribution is -2.34. The average Bonchev–Trinajstić information content (AvgIpc) is 2.70. The van der Waals surface area contributed by atoms with Crippen LogP contribution in [0.5, 0.6) is 5.75 Å². The number of carboxylic acid groups (broad SMARTS) is 1. The first kappa shape index (κ1) is 23.7. The summed E-state index contributed by atoms with van der Waals surface area (Å²) in [6.45, 7) is 5.10. The maximum Gasteiger partial charge on any atom is 0.341 e. The van der Waals surface area contributed by atoms with Crippen molar-refractivity contribution in [2.75, 3.05) is 13.7 Å². The molecule has 0 radical (unpaired) electrons. The summed E-state index contributed by atoms with van der Waals surface area (Å²) in [5.41, 5.74) is 1.76. The second-order valence-corrected chi connectivity index (χ2v) is 9.26. The molecule has 1 atom stereocenters. The number of hydrogen-bond donors (Lipinski definition) is 1. The van der Waals surface area contributed by atoms with Crippen LogP contribution in [0.2, 0.25) is 5.02 Å². The molecule has 6 nitrogen and oxygen atoms in total. The molecule has 0 heterocycles. The van der Waals surface area contributed by atoms with Crippen molar-refractivity contribution >= 4 is 27.6 Å². The Hall–Kier alpha value is -2.53. The molecule has 0 aliphatic rings. The first-order valence-electron chi connectivity index (χ1n) is 9.31. The molecule has 0 spiro atoms. The molecule has 0 saturated carbocycles. The Labute approximate surface area is 182 Å². The van der Waals surface area contributed by atoms with Gasteiger partial charge in [-0.15, -0.1) is 0 Å². The van der Waals surface area contributed by atoms with Crippen LogP contribution in [0.1, 0.15) is 37.0 Å². The summed E-state index contributed by atoms with van der Waals surface area (Å²) >= 11 is 6.03. The Kier molecular flexibility index (Phi) is 7.90. The fraction of sp³-hybridized carbons (Fsp3) is 0.318. The average molecular weight is 450 g/mol. The number of ether oxygens (including phenoxy) is 1. The molecule has 0 amide bonds. The maximum atomic E-state index is 12.9. The zero-order valence-electron chi connectivity index (χ0n) is 17.3. The van der Waals surface area contributed by atoms with Crippen LogP contribution in [0.15, 0.2) is 41.3 Å². The highest BCUT2D eigenvalue weighted by Crippen LogP contribution is 2.24. The summed E-state index contributed by atoms with van der Waals surface area (Å²) in [6, 6.07) is 9.37. The minimum absolute atomic E-state index is 0.133. The Balaban J connectivity index is 2.45. The van der Waals surface area contributed by atoms with Crippen molar-refractivity contribution < 1.29 is 23.1 Å². The van der Waals surface area contributed by atoms with E-state index < -0.39 is 22.6 Å². The van der Waals surface area contributed by atoms with Gasteiger partial charge >= 0.3 is 5.97 Å². The highest BCUT2D eigenvalue weighted by molar-refractivity contribution is 7.89. The van der Waals surface area contributed by atoms with Gasteiger partial charge in [0.1, 0.15) is 5.75 Å². The molecular weight excluding hydrogens is 426 g/mol. The van der Waals surface area contributed by atoms with Crippen LogP contribution < -0.4 is 4.74 Å². The van der Waals surface area contributed by atoms with E-state index in [1.807, 2.05) is 20.8 Å². The smallest absolute Gasteiger partial charge is 0.341 e. The lowest BCUT2D eigenvalue weighted by molar-refractivity contribution is -0.139. The largest absolute Gasteiger partial charge is 0.481 e. The summed E-state index contributed by atoms with van der Waals surface area (Å²) in [4.78, 5) is 10.9. The minimum atomic E-state index is -3.65. The molecule has 0 aliphatic heterocycles. The topological polar surface area (TPSA) is 83.9 Å². The number of hydrogen-bond acceptors (Lipinski definition) is 4. The normalized spacial score (nSPS) is 12.2. The van der Waals surface area contributed by atoms with Gasteiger partial charge in [-0.1, -0.05) is 36.4 Å². The first-order valence-corrected chi connectivity index (χ1v) is 11.1. The van der Waals surface area contributed by atoms with Gasteiger partial charge in [-0.2, -0.15) is 4.31 Å². The van der Waals surface area contributed by atoms with E-state index in [9.17, 15) is 13.2 Å². The van der Waals surface area contributed by atoms with Gasteiger partial charge in [-0.05, 0) is 56.2 Å². The Morgan fingerprint density at radius 2 is 1.87 bits per heavy atom. The highest BCUT2D eigenvalue weighted by atomic mass is 35.5. The molecule has 0 fully saturated rings. The molecule has 160 valence electrons. The van der Waals surface area contributed by atoms with Gasteiger partial charge in [0.15, 0.2) is 6.61 Å². The number of aryl methyl sites for hydroxylation is 1. The summed E-state index contributed by atoms with van der Waals surface area (Å²) in [7, 11) is -2.09. The minimum Gasteiger partial charge on any atom is -0.481 e. The van der Waals surface area contributed by atoms with Gasteiger partial charge in [0.05, 0.1) is 10.5 Å². The maximum absolute atomic E-state index is 12.9. The molecular formula is C22H24ClNO5S. The number of rotatable bonds is 7. The summed E-state index contributed by atoms with van der Waals surface area (Å²) in [5.74, 6) is 5.05. The quantitative estimate of drug-likeness (QED) is 0.647. The van der Waals surface area contributed by atoms with Crippen LogP contribution in [0.25, 0.3) is 0 Å². The molecule has 0 aromatic heterocycles. The van der Waals surface area contributed by atoms with Gasteiger partial charge in [-0.25, -0.2) is 13.2 Å². The molecule has 1 unspecified atom stereocenters. The van der Waals surface area contributed by atoms with Gasteiger partial charge < -0.3 is 9.84 Å². The number of aliphatic carboxylic acids is 1. The molecule has 2 rings (SSSR count). The number of nitrogens with zero attached hydrogens (tertiary/aromatic N) is 1. The summed E-state index contributed by atoms with van der Waals surface area (Å²) < 4.78 is 32.4. The van der Waals surface area contributed by atoms with Crippen molar-refractivity contribution in [2.24, 2.45) is 0 Å². The third kappa shape index (κ3) is 5.76. The van der Waals surface area contributed by atoms with E-state index in [2.05, 4.69) is 11.8 Å². The Bertz CT molecular complexity index is 1100. The number of halogens is 1. The lowest BCUT2D eigenvalue weighted by Gasteiger charge is -2.23. The Morgan fingerprint density at radius 3 is 2.50 bits per heavy atom. The first-order chi connectivity index (χ1) is 14.1. The Morgan fingerprint density at radius 1 is 1.20 bits per heavy atom. The van der Waals surface area contributed by atoms with Crippen molar-refractivity contribution in [1.82, 2.24) is 4.31 Å². The second-order valence-electron chi connectivity index (χ2n) is 6.83. The third-order valence-corrected chi connectivity index (χ3v) is 6.93. The zero-order valence-corrected chi connectivity index (χ0v) is 18.8. The molecule has 2 aromatic carbocycles. The molecule has 0 bridgehead atoms.